The molecule has 0 spiro atoms. The highest BCUT2D eigenvalue weighted by Gasteiger charge is 2.11. The van der Waals surface area contributed by atoms with Gasteiger partial charge in [-0.15, -0.1) is 0 Å². The fourth-order valence-electron chi connectivity index (χ4n) is 1.41. The van der Waals surface area contributed by atoms with Gasteiger partial charge in [0.15, 0.2) is 11.6 Å². The third kappa shape index (κ3) is 2.47. The zero-order valence-electron chi connectivity index (χ0n) is 8.68. The monoisotopic (exact) mass is 254 g/mol. The maximum atomic E-state index is 13.5. The van der Waals surface area contributed by atoms with Crippen molar-refractivity contribution in [1.29, 1.82) is 0 Å². The van der Waals surface area contributed by atoms with Crippen LogP contribution >= 0.6 is 11.6 Å². The number of nitrogens with two attached hydrogens (primary N) is 1. The molecule has 88 valence electrons. The Morgan fingerprint density at radius 1 is 1.06 bits per heavy atom. The standard InChI is InChI=1S/C12H9ClF2N2/c13-8-3-1-2-4-11(8)17-12-9(14)5-7(16)6-10(12)15/h1-6,17H,16H2. The number of benzene rings is 2. The zero-order chi connectivity index (χ0) is 12.4. The summed E-state index contributed by atoms with van der Waals surface area (Å²) in [5, 5.41) is 2.98. The molecule has 0 aliphatic rings. The molecule has 2 nitrogen and oxygen atoms in total. The molecule has 0 bridgehead atoms. The first-order valence-corrected chi connectivity index (χ1v) is 5.22. The molecule has 0 saturated carbocycles. The van der Waals surface area contributed by atoms with E-state index in [1.165, 1.54) is 0 Å². The minimum absolute atomic E-state index is 0.0321. The average molecular weight is 255 g/mol. The lowest BCUT2D eigenvalue weighted by molar-refractivity contribution is 0.592. The fraction of sp³-hybridized carbons (Fsp3) is 0. The second-order valence-electron chi connectivity index (χ2n) is 3.46. The number of para-hydroxylation sites is 1. The normalized spacial score (nSPS) is 10.3. The van der Waals surface area contributed by atoms with Crippen LogP contribution in [-0.4, -0.2) is 0 Å². The first-order valence-electron chi connectivity index (χ1n) is 4.84. The maximum absolute atomic E-state index is 13.5. The molecule has 0 radical (unpaired) electrons. The predicted octanol–water partition coefficient (Wildman–Crippen LogP) is 3.94. The van der Waals surface area contributed by atoms with Crippen LogP contribution in [0.25, 0.3) is 0 Å². The van der Waals surface area contributed by atoms with Crippen LogP contribution in [0, 0.1) is 11.6 Å². The number of rotatable bonds is 2. The van der Waals surface area contributed by atoms with Crippen LogP contribution in [-0.2, 0) is 0 Å². The second kappa shape index (κ2) is 4.59. The van der Waals surface area contributed by atoms with Gasteiger partial charge in [-0.05, 0) is 24.3 Å². The van der Waals surface area contributed by atoms with E-state index in [4.69, 9.17) is 17.3 Å². The maximum Gasteiger partial charge on any atom is 0.151 e. The van der Waals surface area contributed by atoms with Crippen molar-refractivity contribution in [1.82, 2.24) is 0 Å². The van der Waals surface area contributed by atoms with Crippen molar-refractivity contribution in [3.8, 4) is 0 Å². The van der Waals surface area contributed by atoms with Crippen LogP contribution in [0.3, 0.4) is 0 Å². The van der Waals surface area contributed by atoms with Crippen LogP contribution in [0.1, 0.15) is 0 Å². The predicted molar refractivity (Wildman–Crippen MR) is 65.5 cm³/mol. The Kier molecular flexibility index (Phi) is 3.15. The van der Waals surface area contributed by atoms with Gasteiger partial charge in [-0.1, -0.05) is 23.7 Å². The van der Waals surface area contributed by atoms with Gasteiger partial charge in [0.25, 0.3) is 0 Å². The molecule has 17 heavy (non-hydrogen) atoms. The third-order valence-electron chi connectivity index (χ3n) is 2.20. The van der Waals surface area contributed by atoms with E-state index in [9.17, 15) is 8.78 Å². The molecule has 0 heterocycles. The highest BCUT2D eigenvalue weighted by atomic mass is 35.5. The van der Waals surface area contributed by atoms with Crippen molar-refractivity contribution in [2.45, 2.75) is 0 Å². The van der Waals surface area contributed by atoms with Gasteiger partial charge in [-0.2, -0.15) is 0 Å². The molecule has 0 amide bonds. The highest BCUT2D eigenvalue weighted by molar-refractivity contribution is 6.33. The van der Waals surface area contributed by atoms with Gasteiger partial charge < -0.3 is 11.1 Å². The van der Waals surface area contributed by atoms with Gasteiger partial charge >= 0.3 is 0 Å². The molecule has 0 saturated heterocycles. The van der Waals surface area contributed by atoms with Crippen LogP contribution < -0.4 is 11.1 Å². The van der Waals surface area contributed by atoms with Gasteiger partial charge in [0.05, 0.1) is 10.7 Å². The van der Waals surface area contributed by atoms with Gasteiger partial charge in [-0.25, -0.2) is 8.78 Å². The molecule has 2 aromatic carbocycles. The van der Waals surface area contributed by atoms with E-state index in [2.05, 4.69) is 5.32 Å². The summed E-state index contributed by atoms with van der Waals surface area (Å²) in [5.74, 6) is -1.52. The topological polar surface area (TPSA) is 38.0 Å². The minimum Gasteiger partial charge on any atom is -0.399 e. The van der Waals surface area contributed by atoms with E-state index in [0.29, 0.717) is 10.7 Å². The fourth-order valence-corrected chi connectivity index (χ4v) is 1.59. The summed E-state index contributed by atoms with van der Waals surface area (Å²) in [7, 11) is 0. The molecule has 2 aromatic rings. The van der Waals surface area contributed by atoms with E-state index in [1.54, 1.807) is 24.3 Å². The lowest BCUT2D eigenvalue weighted by Gasteiger charge is -2.10. The summed E-state index contributed by atoms with van der Waals surface area (Å²) in [6.07, 6.45) is 0. The summed E-state index contributed by atoms with van der Waals surface area (Å²) in [5.41, 5.74) is 5.51. The Morgan fingerprint density at radius 3 is 2.24 bits per heavy atom. The molecule has 0 atom stereocenters. The molecule has 0 fully saturated rings. The van der Waals surface area contributed by atoms with Crippen molar-refractivity contribution in [2.24, 2.45) is 0 Å². The lowest BCUT2D eigenvalue weighted by atomic mass is 10.2. The van der Waals surface area contributed by atoms with Crippen LogP contribution in [0.5, 0.6) is 0 Å². The van der Waals surface area contributed by atoms with Crippen molar-refractivity contribution < 1.29 is 8.78 Å². The zero-order valence-corrected chi connectivity index (χ0v) is 9.43. The van der Waals surface area contributed by atoms with E-state index in [0.717, 1.165) is 12.1 Å². The number of hydrogen-bond acceptors (Lipinski definition) is 2. The highest BCUT2D eigenvalue weighted by Crippen LogP contribution is 2.29. The quantitative estimate of drug-likeness (QED) is 0.797. The molecule has 0 aromatic heterocycles. The number of nitrogens with one attached hydrogen (secondary N) is 1. The van der Waals surface area contributed by atoms with Gasteiger partial charge in [0, 0.05) is 5.69 Å². The van der Waals surface area contributed by atoms with Gasteiger partial charge in [0.1, 0.15) is 5.69 Å². The molecule has 0 unspecified atom stereocenters. The number of hydrogen-bond donors (Lipinski definition) is 2. The number of nitrogen functional groups attached to an aromatic ring is 1. The largest absolute Gasteiger partial charge is 0.399 e. The van der Waals surface area contributed by atoms with Crippen molar-refractivity contribution in [3.63, 3.8) is 0 Å². The molecule has 0 aliphatic heterocycles. The number of halogens is 3. The molecule has 3 N–H and O–H groups in total. The van der Waals surface area contributed by atoms with Crippen molar-refractivity contribution >= 4 is 28.7 Å². The third-order valence-corrected chi connectivity index (χ3v) is 2.53. The first kappa shape index (κ1) is 11.7. The Balaban J connectivity index is 2.40. The van der Waals surface area contributed by atoms with Crippen LogP contribution in [0.15, 0.2) is 36.4 Å². The van der Waals surface area contributed by atoms with Crippen LogP contribution in [0.2, 0.25) is 5.02 Å². The van der Waals surface area contributed by atoms with E-state index >= 15 is 0 Å². The molecular weight excluding hydrogens is 246 g/mol. The van der Waals surface area contributed by atoms with Gasteiger partial charge in [0.2, 0.25) is 0 Å². The number of anilines is 3. The molecule has 5 heteroatoms. The minimum atomic E-state index is -0.762. The molecule has 0 aliphatic carbocycles. The lowest BCUT2D eigenvalue weighted by Crippen LogP contribution is -1.99. The van der Waals surface area contributed by atoms with Gasteiger partial charge in [-0.3, -0.25) is 0 Å². The second-order valence-corrected chi connectivity index (χ2v) is 3.87. The van der Waals surface area contributed by atoms with Crippen LogP contribution in [0.4, 0.5) is 25.8 Å². The molecule has 2 rings (SSSR count). The van der Waals surface area contributed by atoms with E-state index in [1.807, 2.05) is 0 Å². The molecular formula is C12H9ClF2N2. The van der Waals surface area contributed by atoms with E-state index in [-0.39, 0.29) is 11.4 Å². The Labute approximate surface area is 102 Å². The SMILES string of the molecule is Nc1cc(F)c(Nc2ccccc2Cl)c(F)c1. The van der Waals surface area contributed by atoms with E-state index < -0.39 is 11.6 Å². The summed E-state index contributed by atoms with van der Waals surface area (Å²) < 4.78 is 27.0. The van der Waals surface area contributed by atoms with Crippen molar-refractivity contribution in [2.75, 3.05) is 11.1 Å². The average Bonchev–Trinajstić information content (AvgIpc) is 2.25. The summed E-state index contributed by atoms with van der Waals surface area (Å²) in [6, 6.07) is 8.77. The summed E-state index contributed by atoms with van der Waals surface area (Å²) in [6.45, 7) is 0. The Bertz CT molecular complexity index is 535. The summed E-state index contributed by atoms with van der Waals surface area (Å²) in [4.78, 5) is 0. The van der Waals surface area contributed by atoms with Crippen molar-refractivity contribution in [3.05, 3.63) is 53.1 Å². The summed E-state index contributed by atoms with van der Waals surface area (Å²) >= 11 is 5.88. The Hall–Kier alpha value is -1.81. The Morgan fingerprint density at radius 2 is 1.65 bits per heavy atom. The smallest absolute Gasteiger partial charge is 0.151 e. The first-order chi connectivity index (χ1) is 8.08.